The molecule has 2 amide bonds. The molecule has 0 fully saturated rings. The summed E-state index contributed by atoms with van der Waals surface area (Å²) in [7, 11) is 0. The third-order valence-corrected chi connectivity index (χ3v) is 0. The van der Waals surface area contributed by atoms with Gasteiger partial charge in [0.05, 0.1) is 0 Å². The minimum absolute atomic E-state index is 0.750. The summed E-state index contributed by atoms with van der Waals surface area (Å²) >= 11 is 0. The van der Waals surface area contributed by atoms with Crippen molar-refractivity contribution in [2.75, 3.05) is 0 Å². The van der Waals surface area contributed by atoms with Crippen LogP contribution < -0.4 is 21.7 Å². The van der Waals surface area contributed by atoms with E-state index < -0.39 is 12.2 Å². The fraction of sp³-hybridized carbons (Fsp3) is 0. The molecule has 0 radical (unpaired) electrons. The van der Waals surface area contributed by atoms with Crippen molar-refractivity contribution >= 4 is 18.1 Å². The van der Waals surface area contributed by atoms with Crippen LogP contribution in [0.3, 0.4) is 0 Å². The van der Waals surface area contributed by atoms with E-state index in [1.165, 1.54) is 0 Å². The maximum atomic E-state index is 8.67. The Hall–Kier alpha value is -1.88. The first-order chi connectivity index (χ1) is 4.88. The molecule has 0 bridgehead atoms. The molecule has 4 N–H and O–H groups in total. The molecule has 0 aliphatic heterocycles. The van der Waals surface area contributed by atoms with E-state index in [9.17, 15) is 0 Å². The van der Waals surface area contributed by atoms with Gasteiger partial charge in [0.25, 0.3) is 0 Å². The molecule has 0 saturated carbocycles. The van der Waals surface area contributed by atoms with Gasteiger partial charge in [0, 0.05) is 0 Å². The van der Waals surface area contributed by atoms with Crippen molar-refractivity contribution in [3.63, 3.8) is 0 Å². The molecule has 0 heterocycles. The van der Waals surface area contributed by atoms with Gasteiger partial charge in [-0.05, 0) is 0 Å². The van der Waals surface area contributed by atoms with Gasteiger partial charge in [0.2, 0.25) is 0 Å². The van der Waals surface area contributed by atoms with E-state index in [-0.39, 0.29) is 0 Å². The molecule has 0 rings (SSSR count). The van der Waals surface area contributed by atoms with Crippen LogP contribution in [0.5, 0.6) is 0 Å². The average Bonchev–Trinajstić information content (AvgIpc) is 1.60. The van der Waals surface area contributed by atoms with Gasteiger partial charge in [-0.2, -0.15) is 0 Å². The summed E-state index contributed by atoms with van der Waals surface area (Å²) in [4.78, 5) is 25.7. The predicted octanol–water partition coefficient (Wildman–Crippen LogP) is -3.74. The van der Waals surface area contributed by atoms with Crippen LogP contribution >= 0.6 is 0 Å². The minimum atomic E-state index is -1.58. The Morgan fingerprint density at radius 3 is 1.18 bits per heavy atom. The zero-order valence-electron chi connectivity index (χ0n) is 5.20. The number of carbonyl (C=O) groups excluding carboxylic acids is 3. The van der Waals surface area contributed by atoms with Gasteiger partial charge in [0.1, 0.15) is 12.2 Å². The molecule has 0 aliphatic carbocycles. The Morgan fingerprint density at radius 2 is 1.18 bits per heavy atom. The van der Waals surface area contributed by atoms with Gasteiger partial charge in [0.15, 0.2) is 0 Å². The molecule has 60 valence electrons. The van der Waals surface area contributed by atoms with E-state index in [0.717, 1.165) is 5.94 Å². The molecule has 0 aliphatic rings. The molecule has 11 heavy (non-hydrogen) atoms. The predicted molar refractivity (Wildman–Crippen MR) is 28.1 cm³/mol. The van der Waals surface area contributed by atoms with Crippen LogP contribution in [0.2, 0.25) is 0 Å². The quantitative estimate of drug-likeness (QED) is 0.349. The zero-order chi connectivity index (χ0) is 9.86. The van der Waals surface area contributed by atoms with Crippen molar-refractivity contribution in [2.45, 2.75) is 0 Å². The number of rotatable bonds is 0. The average molecular weight is 160 g/mol. The summed E-state index contributed by atoms with van der Waals surface area (Å²) < 4.78 is 0. The SMILES string of the molecule is NC(=O)[O-].NC(=O)[O-].[C+2]=C=O. The van der Waals surface area contributed by atoms with Crippen molar-refractivity contribution in [1.82, 2.24) is 0 Å². The van der Waals surface area contributed by atoms with Gasteiger partial charge < -0.3 is 31.3 Å². The molecule has 0 unspecified atom stereocenters. The summed E-state index contributed by atoms with van der Waals surface area (Å²) in [5.74, 6) is 0.750. The first-order valence-electron chi connectivity index (χ1n) is 1.85. The van der Waals surface area contributed by atoms with E-state index in [2.05, 4.69) is 11.5 Å². The van der Waals surface area contributed by atoms with Gasteiger partial charge in [-0.25, -0.2) is 0 Å². The Kier molecular flexibility index (Phi) is 22.9. The van der Waals surface area contributed by atoms with Gasteiger partial charge in [-0.1, -0.05) is 0 Å². The number of nitrogens with two attached hydrogens (primary N) is 2. The van der Waals surface area contributed by atoms with Crippen LogP contribution in [0.15, 0.2) is 0 Å². The maximum absolute atomic E-state index is 8.67. The molecule has 0 aromatic rings. The molecule has 0 spiro atoms. The van der Waals surface area contributed by atoms with Gasteiger partial charge in [-0.15, -0.1) is 0 Å². The summed E-state index contributed by atoms with van der Waals surface area (Å²) in [6.45, 7) is 5.40. The number of hydrogen-bond acceptors (Lipinski definition) is 5. The van der Waals surface area contributed by atoms with Gasteiger partial charge in [-0.3, -0.25) is 0 Å². The van der Waals surface area contributed by atoms with Crippen LogP contribution in [0.4, 0.5) is 9.59 Å². The zero-order valence-corrected chi connectivity index (χ0v) is 5.20. The molecule has 0 aromatic heterocycles. The summed E-state index contributed by atoms with van der Waals surface area (Å²) in [5.41, 5.74) is 7.83. The number of hydrogen-bond donors (Lipinski definition) is 2. The van der Waals surface area contributed by atoms with E-state index in [4.69, 9.17) is 31.2 Å². The third-order valence-electron chi connectivity index (χ3n) is 0. The van der Waals surface area contributed by atoms with E-state index in [1.54, 1.807) is 0 Å². The number of primary amides is 2. The second-order valence-electron chi connectivity index (χ2n) is 0.740. The fourth-order valence-electron chi connectivity index (χ4n) is 0. The number of amides is 2. The normalized spacial score (nSPS) is 5.27. The topological polar surface area (TPSA) is 149 Å². The standard InChI is InChI=1S/C2O.2CH3NO2/c1-2-3;2*2-1(3)4/h;2*2H2,(H,3,4)/q+2;;/p-2. The first-order valence-corrected chi connectivity index (χ1v) is 1.85. The number of carboxylic acid groups (broad SMARTS) is 2. The van der Waals surface area contributed by atoms with Crippen molar-refractivity contribution in [3.05, 3.63) is 6.58 Å². The van der Waals surface area contributed by atoms with Crippen LogP contribution in [-0.4, -0.2) is 18.1 Å². The van der Waals surface area contributed by atoms with Crippen LogP contribution in [0.1, 0.15) is 0 Å². The fourth-order valence-corrected chi connectivity index (χ4v) is 0. The van der Waals surface area contributed by atoms with Crippen LogP contribution in [0.25, 0.3) is 0 Å². The Labute approximate surface area is 61.9 Å². The molecule has 0 aromatic carbocycles. The number of carbonyl (C=O) groups is 2. The molecule has 7 nitrogen and oxygen atoms in total. The molecular formula is C4H4N2O5. The van der Waals surface area contributed by atoms with E-state index >= 15 is 0 Å². The van der Waals surface area contributed by atoms with Crippen LogP contribution in [-0.2, 0) is 4.79 Å². The molecular weight excluding hydrogens is 156 g/mol. The first kappa shape index (κ1) is 16.1. The monoisotopic (exact) mass is 160 g/mol. The Balaban J connectivity index is -0.0000000886. The molecule has 0 saturated heterocycles. The molecule has 0 atom stereocenters. The van der Waals surface area contributed by atoms with E-state index in [1.807, 2.05) is 0 Å². The molecule has 7 heteroatoms. The van der Waals surface area contributed by atoms with Gasteiger partial charge >= 0.3 is 17.3 Å². The van der Waals surface area contributed by atoms with Crippen molar-refractivity contribution in [2.24, 2.45) is 11.5 Å². The summed E-state index contributed by atoms with van der Waals surface area (Å²) in [6, 6.07) is 0. The second-order valence-corrected chi connectivity index (χ2v) is 0.740. The van der Waals surface area contributed by atoms with Crippen molar-refractivity contribution < 1.29 is 24.6 Å². The van der Waals surface area contributed by atoms with Crippen molar-refractivity contribution in [1.29, 1.82) is 0 Å². The Morgan fingerprint density at radius 1 is 1.18 bits per heavy atom. The second kappa shape index (κ2) is 15.7. The van der Waals surface area contributed by atoms with Crippen LogP contribution in [0, 0.1) is 6.58 Å². The van der Waals surface area contributed by atoms with Crippen molar-refractivity contribution in [3.8, 4) is 0 Å². The Bertz CT molecular complexity index is 129. The third kappa shape index (κ3) is 86.0. The summed E-state index contributed by atoms with van der Waals surface area (Å²) in [5, 5.41) is 17.3. The summed E-state index contributed by atoms with van der Waals surface area (Å²) in [6.07, 6.45) is -3.17. The van der Waals surface area contributed by atoms with E-state index in [0.29, 0.717) is 0 Å².